The van der Waals surface area contributed by atoms with E-state index in [2.05, 4.69) is 9.72 Å². The van der Waals surface area contributed by atoms with Crippen LogP contribution in [0.4, 0.5) is 8.78 Å². The second-order valence-corrected chi connectivity index (χ2v) is 4.76. The van der Waals surface area contributed by atoms with Gasteiger partial charge >= 0.3 is 6.61 Å². The highest BCUT2D eigenvalue weighted by molar-refractivity contribution is 6.36. The van der Waals surface area contributed by atoms with Gasteiger partial charge in [0, 0.05) is 27.4 Å². The van der Waals surface area contributed by atoms with Crippen molar-refractivity contribution in [3.05, 3.63) is 45.5 Å². The molecule has 0 aliphatic rings. The third-order valence-electron chi connectivity index (χ3n) is 2.25. The molecule has 2 rings (SSSR count). The highest BCUT2D eigenvalue weighted by atomic mass is 35.5. The summed E-state index contributed by atoms with van der Waals surface area (Å²) in [5, 5.41) is 0.877. The molecule has 0 bridgehead atoms. The van der Waals surface area contributed by atoms with Gasteiger partial charge in [-0.15, -0.1) is 0 Å². The fourth-order valence-corrected chi connectivity index (χ4v) is 2.20. The first-order valence-electron chi connectivity index (χ1n) is 5.03. The third kappa shape index (κ3) is 3.47. The molecular formula is C12H6Cl3F2NO. The summed E-state index contributed by atoms with van der Waals surface area (Å²) in [5.41, 5.74) is 1.22. The molecule has 0 saturated heterocycles. The zero-order valence-electron chi connectivity index (χ0n) is 9.21. The van der Waals surface area contributed by atoms with Crippen molar-refractivity contribution in [2.75, 3.05) is 0 Å². The van der Waals surface area contributed by atoms with Crippen LogP contribution < -0.4 is 4.74 Å². The van der Waals surface area contributed by atoms with Gasteiger partial charge in [0.2, 0.25) is 5.88 Å². The van der Waals surface area contributed by atoms with Gasteiger partial charge in [0.25, 0.3) is 0 Å². The number of hydrogen-bond acceptors (Lipinski definition) is 2. The number of rotatable bonds is 3. The summed E-state index contributed by atoms with van der Waals surface area (Å²) in [6, 6.07) is 6.35. The molecule has 0 N–H and O–H groups in total. The van der Waals surface area contributed by atoms with Crippen LogP contribution in [0.5, 0.6) is 5.88 Å². The van der Waals surface area contributed by atoms with Crippen molar-refractivity contribution in [2.45, 2.75) is 6.61 Å². The van der Waals surface area contributed by atoms with E-state index >= 15 is 0 Å². The largest absolute Gasteiger partial charge is 0.415 e. The van der Waals surface area contributed by atoms with Crippen LogP contribution in [0.1, 0.15) is 0 Å². The van der Waals surface area contributed by atoms with Gasteiger partial charge in [0.05, 0.1) is 0 Å². The first-order chi connectivity index (χ1) is 8.97. The predicted octanol–water partition coefficient (Wildman–Crippen LogP) is 5.31. The Morgan fingerprint density at radius 2 is 1.79 bits per heavy atom. The summed E-state index contributed by atoms with van der Waals surface area (Å²) in [6.07, 6.45) is 1.35. The number of alkyl halides is 2. The van der Waals surface area contributed by atoms with Crippen molar-refractivity contribution < 1.29 is 13.5 Å². The molecule has 0 unspecified atom stereocenters. The second kappa shape index (κ2) is 5.90. The van der Waals surface area contributed by atoms with Crippen molar-refractivity contribution in [3.8, 4) is 17.0 Å². The Balaban J connectivity index is 2.39. The summed E-state index contributed by atoms with van der Waals surface area (Å²) in [6.45, 7) is -2.98. The first-order valence-corrected chi connectivity index (χ1v) is 6.16. The summed E-state index contributed by atoms with van der Waals surface area (Å²) in [4.78, 5) is 3.73. The summed E-state index contributed by atoms with van der Waals surface area (Å²) in [7, 11) is 0. The number of benzene rings is 1. The van der Waals surface area contributed by atoms with Crippen molar-refractivity contribution >= 4 is 34.8 Å². The lowest BCUT2D eigenvalue weighted by Gasteiger charge is -2.08. The maximum absolute atomic E-state index is 12.1. The molecule has 2 aromatic rings. The molecule has 0 saturated carbocycles. The zero-order chi connectivity index (χ0) is 14.0. The van der Waals surface area contributed by atoms with E-state index in [0.29, 0.717) is 21.2 Å². The molecule has 1 aromatic heterocycles. The fraction of sp³-hybridized carbons (Fsp3) is 0.0833. The maximum atomic E-state index is 12.1. The van der Waals surface area contributed by atoms with E-state index in [1.54, 1.807) is 18.2 Å². The van der Waals surface area contributed by atoms with Crippen LogP contribution in [0, 0.1) is 0 Å². The molecule has 0 atom stereocenters. The molecule has 0 aliphatic carbocycles. The van der Waals surface area contributed by atoms with Crippen molar-refractivity contribution in [1.82, 2.24) is 4.98 Å². The Morgan fingerprint density at radius 1 is 1.05 bits per heavy atom. The molecule has 7 heteroatoms. The van der Waals surface area contributed by atoms with Gasteiger partial charge in [-0.05, 0) is 18.2 Å². The number of pyridine rings is 1. The minimum Gasteiger partial charge on any atom is -0.415 e. The SMILES string of the molecule is FC(F)Oc1ncc(-c2ccc(Cl)cc2Cl)cc1Cl. The Bertz CT molecular complexity index is 608. The normalized spacial score (nSPS) is 10.8. The lowest BCUT2D eigenvalue weighted by atomic mass is 10.1. The smallest absolute Gasteiger partial charge is 0.388 e. The minimum absolute atomic E-state index is 0.0242. The molecule has 0 fully saturated rings. The molecular weight excluding hydrogens is 318 g/mol. The molecule has 0 spiro atoms. The van der Waals surface area contributed by atoms with Crippen LogP contribution in [0.25, 0.3) is 11.1 Å². The highest BCUT2D eigenvalue weighted by Gasteiger charge is 2.12. The molecule has 0 amide bonds. The van der Waals surface area contributed by atoms with E-state index in [9.17, 15) is 8.78 Å². The Labute approximate surface area is 122 Å². The van der Waals surface area contributed by atoms with E-state index in [1.807, 2.05) is 0 Å². The van der Waals surface area contributed by atoms with Crippen LogP contribution in [0.3, 0.4) is 0 Å². The number of halogens is 5. The summed E-state index contributed by atoms with van der Waals surface area (Å²) < 4.78 is 28.3. The third-order valence-corrected chi connectivity index (χ3v) is 3.07. The van der Waals surface area contributed by atoms with Crippen LogP contribution >= 0.6 is 34.8 Å². The van der Waals surface area contributed by atoms with Crippen molar-refractivity contribution in [2.24, 2.45) is 0 Å². The van der Waals surface area contributed by atoms with Gasteiger partial charge in [-0.2, -0.15) is 8.78 Å². The summed E-state index contributed by atoms with van der Waals surface area (Å²) >= 11 is 17.6. The molecule has 100 valence electrons. The Kier molecular flexibility index (Phi) is 4.45. The molecule has 0 radical (unpaired) electrons. The van der Waals surface area contributed by atoms with Crippen LogP contribution in [-0.2, 0) is 0 Å². The van der Waals surface area contributed by atoms with Crippen LogP contribution in [-0.4, -0.2) is 11.6 Å². The van der Waals surface area contributed by atoms with Crippen molar-refractivity contribution in [3.63, 3.8) is 0 Å². The van der Waals surface area contributed by atoms with E-state index < -0.39 is 6.61 Å². The average molecular weight is 325 g/mol. The number of hydrogen-bond donors (Lipinski definition) is 0. The topological polar surface area (TPSA) is 22.1 Å². The van der Waals surface area contributed by atoms with Gasteiger partial charge in [0.15, 0.2) is 0 Å². The maximum Gasteiger partial charge on any atom is 0.388 e. The van der Waals surface area contributed by atoms with Crippen LogP contribution in [0.2, 0.25) is 15.1 Å². The van der Waals surface area contributed by atoms with Gasteiger partial charge in [0.1, 0.15) is 5.02 Å². The highest BCUT2D eigenvalue weighted by Crippen LogP contribution is 2.33. The number of aromatic nitrogens is 1. The molecule has 19 heavy (non-hydrogen) atoms. The molecule has 1 heterocycles. The standard InChI is InChI=1S/C12H6Cl3F2NO/c13-7-1-2-8(9(14)4-7)6-3-10(15)11(18-5-6)19-12(16)17/h1-5,12H. The van der Waals surface area contributed by atoms with Crippen molar-refractivity contribution in [1.29, 1.82) is 0 Å². The molecule has 2 nitrogen and oxygen atoms in total. The van der Waals surface area contributed by atoms with E-state index in [0.717, 1.165) is 0 Å². The Morgan fingerprint density at radius 3 is 2.37 bits per heavy atom. The lowest BCUT2D eigenvalue weighted by Crippen LogP contribution is -2.04. The van der Waals surface area contributed by atoms with E-state index in [4.69, 9.17) is 34.8 Å². The Hall–Kier alpha value is -1.10. The van der Waals surface area contributed by atoms with Gasteiger partial charge in [-0.1, -0.05) is 40.9 Å². The van der Waals surface area contributed by atoms with Gasteiger partial charge < -0.3 is 4.74 Å². The van der Waals surface area contributed by atoms with E-state index in [1.165, 1.54) is 12.3 Å². The molecule has 0 aliphatic heterocycles. The second-order valence-electron chi connectivity index (χ2n) is 3.51. The monoisotopic (exact) mass is 323 g/mol. The average Bonchev–Trinajstić information content (AvgIpc) is 2.31. The van der Waals surface area contributed by atoms with E-state index in [-0.39, 0.29) is 10.9 Å². The number of nitrogens with zero attached hydrogens (tertiary/aromatic N) is 1. The van der Waals surface area contributed by atoms with Gasteiger partial charge in [-0.25, -0.2) is 4.98 Å². The van der Waals surface area contributed by atoms with Crippen LogP contribution in [0.15, 0.2) is 30.5 Å². The van der Waals surface area contributed by atoms with Gasteiger partial charge in [-0.3, -0.25) is 0 Å². The number of ether oxygens (including phenoxy) is 1. The quantitative estimate of drug-likeness (QED) is 0.763. The zero-order valence-corrected chi connectivity index (χ0v) is 11.5. The summed E-state index contributed by atoms with van der Waals surface area (Å²) in [5.74, 6) is -0.328. The minimum atomic E-state index is -2.98. The molecule has 1 aromatic carbocycles. The first kappa shape index (κ1) is 14.3. The predicted molar refractivity (Wildman–Crippen MR) is 71.3 cm³/mol. The fourth-order valence-electron chi connectivity index (χ4n) is 1.47. The lowest BCUT2D eigenvalue weighted by molar-refractivity contribution is -0.0527.